The third-order valence-corrected chi connectivity index (χ3v) is 3.52. The number of nitrogens with one attached hydrogen (secondary N) is 1. The summed E-state index contributed by atoms with van der Waals surface area (Å²) >= 11 is 0. The van der Waals surface area contributed by atoms with E-state index in [1.807, 2.05) is 60.7 Å². The highest BCUT2D eigenvalue weighted by Crippen LogP contribution is 2.14. The molecule has 3 aromatic rings. The van der Waals surface area contributed by atoms with Gasteiger partial charge in [0.05, 0.1) is 17.0 Å². The lowest BCUT2D eigenvalue weighted by molar-refractivity contribution is 0.0697. The normalized spacial score (nSPS) is 10.0. The number of rotatable bonds is 5. The smallest absolute Gasteiger partial charge is 0.335 e. The van der Waals surface area contributed by atoms with Crippen molar-refractivity contribution in [2.45, 2.75) is 0 Å². The van der Waals surface area contributed by atoms with Gasteiger partial charge in [0.2, 0.25) is 0 Å². The van der Waals surface area contributed by atoms with E-state index < -0.39 is 5.97 Å². The highest BCUT2D eigenvalue weighted by molar-refractivity contribution is 6.13. The van der Waals surface area contributed by atoms with Gasteiger partial charge in [-0.15, -0.1) is 0 Å². The van der Waals surface area contributed by atoms with Crippen LogP contribution in [0.5, 0.6) is 0 Å². The van der Waals surface area contributed by atoms with Crippen molar-refractivity contribution in [3.63, 3.8) is 0 Å². The summed E-state index contributed by atoms with van der Waals surface area (Å²) in [6.45, 7) is 0. The van der Waals surface area contributed by atoms with E-state index in [1.165, 1.54) is 0 Å². The average molecular weight is 316 g/mol. The van der Waals surface area contributed by atoms with Gasteiger partial charge in [-0.25, -0.2) is 4.79 Å². The Kier molecular flexibility index (Phi) is 4.68. The Balaban J connectivity index is 1.91. The van der Waals surface area contributed by atoms with Crippen molar-refractivity contribution >= 4 is 17.4 Å². The molecule has 0 heterocycles. The summed E-state index contributed by atoms with van der Waals surface area (Å²) in [6, 6.07) is 26.3. The number of hydrogen-bond acceptors (Lipinski definition) is 3. The van der Waals surface area contributed by atoms with Gasteiger partial charge in [0.15, 0.2) is 0 Å². The number of benzene rings is 3. The molecule has 0 aromatic heterocycles. The molecule has 118 valence electrons. The summed E-state index contributed by atoms with van der Waals surface area (Å²) < 4.78 is 0. The second-order valence-electron chi connectivity index (χ2n) is 5.19. The summed E-state index contributed by atoms with van der Waals surface area (Å²) in [4.78, 5) is 10.9. The van der Waals surface area contributed by atoms with Gasteiger partial charge in [-0.1, -0.05) is 60.7 Å². The third kappa shape index (κ3) is 3.67. The summed E-state index contributed by atoms with van der Waals surface area (Å²) in [6.07, 6.45) is 0. The lowest BCUT2D eigenvalue weighted by Gasteiger charge is -2.08. The van der Waals surface area contributed by atoms with Gasteiger partial charge in [-0.2, -0.15) is 5.10 Å². The number of carboxylic acids is 1. The van der Waals surface area contributed by atoms with Crippen LogP contribution in [0.2, 0.25) is 0 Å². The minimum atomic E-state index is -0.945. The second-order valence-corrected chi connectivity index (χ2v) is 5.19. The molecular formula is C20H16N2O2. The minimum Gasteiger partial charge on any atom is -0.478 e. The molecule has 0 saturated heterocycles. The molecule has 3 aromatic carbocycles. The van der Waals surface area contributed by atoms with Crippen LogP contribution in [0.15, 0.2) is 90.0 Å². The molecule has 0 aliphatic carbocycles. The molecule has 24 heavy (non-hydrogen) atoms. The number of carboxylic acid groups (broad SMARTS) is 1. The van der Waals surface area contributed by atoms with Crippen LogP contribution in [0, 0.1) is 0 Å². The Bertz CT molecular complexity index is 800. The highest BCUT2D eigenvalue weighted by Gasteiger charge is 2.06. The third-order valence-electron chi connectivity index (χ3n) is 3.52. The zero-order valence-corrected chi connectivity index (χ0v) is 12.9. The van der Waals surface area contributed by atoms with Gasteiger partial charge in [0.1, 0.15) is 0 Å². The second kappa shape index (κ2) is 7.24. The number of aromatic carboxylic acids is 1. The highest BCUT2D eigenvalue weighted by atomic mass is 16.4. The van der Waals surface area contributed by atoms with E-state index in [2.05, 4.69) is 10.5 Å². The van der Waals surface area contributed by atoms with Crippen LogP contribution in [-0.2, 0) is 0 Å². The monoisotopic (exact) mass is 316 g/mol. The van der Waals surface area contributed by atoms with Gasteiger partial charge < -0.3 is 5.11 Å². The van der Waals surface area contributed by atoms with Crippen LogP contribution in [0.3, 0.4) is 0 Å². The molecule has 0 spiro atoms. The Morgan fingerprint density at radius 3 is 1.67 bits per heavy atom. The molecular weight excluding hydrogens is 300 g/mol. The molecule has 3 rings (SSSR count). The van der Waals surface area contributed by atoms with Crippen LogP contribution >= 0.6 is 0 Å². The number of nitrogens with zero attached hydrogens (tertiary/aromatic N) is 1. The van der Waals surface area contributed by atoms with Crippen LogP contribution in [0.4, 0.5) is 5.69 Å². The fourth-order valence-corrected chi connectivity index (χ4v) is 2.30. The average Bonchev–Trinajstić information content (AvgIpc) is 2.64. The molecule has 0 unspecified atom stereocenters. The van der Waals surface area contributed by atoms with Crippen LogP contribution in [-0.4, -0.2) is 16.8 Å². The first kappa shape index (κ1) is 15.5. The molecule has 0 aliphatic heterocycles. The van der Waals surface area contributed by atoms with Gasteiger partial charge in [-0.3, -0.25) is 5.43 Å². The van der Waals surface area contributed by atoms with E-state index in [1.54, 1.807) is 24.3 Å². The molecule has 0 fully saturated rings. The van der Waals surface area contributed by atoms with Gasteiger partial charge in [0, 0.05) is 11.1 Å². The van der Waals surface area contributed by atoms with Crippen molar-refractivity contribution < 1.29 is 9.90 Å². The maximum Gasteiger partial charge on any atom is 0.335 e. The van der Waals surface area contributed by atoms with Crippen molar-refractivity contribution in [3.05, 3.63) is 102 Å². The standard InChI is InChI=1S/C20H16N2O2/c23-20(24)17-11-13-18(14-12-17)21-22-19(15-7-3-1-4-8-15)16-9-5-2-6-10-16/h1-14,21H,(H,23,24). The topological polar surface area (TPSA) is 61.7 Å². The van der Waals surface area contributed by atoms with Gasteiger partial charge in [0.25, 0.3) is 0 Å². The maximum absolute atomic E-state index is 10.9. The van der Waals surface area contributed by atoms with Crippen molar-refractivity contribution in [1.29, 1.82) is 0 Å². The zero-order valence-electron chi connectivity index (χ0n) is 12.9. The molecule has 0 atom stereocenters. The molecule has 4 nitrogen and oxygen atoms in total. The Labute approximate surface area is 140 Å². The molecule has 2 N–H and O–H groups in total. The predicted octanol–water partition coefficient (Wildman–Crippen LogP) is 4.25. The minimum absolute atomic E-state index is 0.246. The Morgan fingerprint density at radius 2 is 1.21 bits per heavy atom. The van der Waals surface area contributed by atoms with E-state index in [0.29, 0.717) is 0 Å². The summed E-state index contributed by atoms with van der Waals surface area (Å²) in [7, 11) is 0. The van der Waals surface area contributed by atoms with Crippen LogP contribution in [0.25, 0.3) is 0 Å². The number of hydrazone groups is 1. The van der Waals surface area contributed by atoms with E-state index >= 15 is 0 Å². The van der Waals surface area contributed by atoms with Gasteiger partial charge >= 0.3 is 5.97 Å². The maximum atomic E-state index is 10.9. The lowest BCUT2D eigenvalue weighted by Crippen LogP contribution is -2.06. The lowest BCUT2D eigenvalue weighted by atomic mass is 10.0. The number of hydrogen-bond donors (Lipinski definition) is 2. The molecule has 0 bridgehead atoms. The SMILES string of the molecule is O=C(O)c1ccc(NN=C(c2ccccc2)c2ccccc2)cc1. The zero-order chi connectivity index (χ0) is 16.8. The predicted molar refractivity (Wildman–Crippen MR) is 95.5 cm³/mol. The van der Waals surface area contributed by atoms with E-state index in [4.69, 9.17) is 5.11 Å². The fourth-order valence-electron chi connectivity index (χ4n) is 2.30. The van der Waals surface area contributed by atoms with Crippen LogP contribution < -0.4 is 5.43 Å². The molecule has 0 radical (unpaired) electrons. The van der Waals surface area contributed by atoms with E-state index in [9.17, 15) is 4.79 Å². The first-order valence-electron chi connectivity index (χ1n) is 7.52. The van der Waals surface area contributed by atoms with Crippen molar-refractivity contribution in [2.75, 3.05) is 5.43 Å². The Morgan fingerprint density at radius 1 is 0.708 bits per heavy atom. The fraction of sp³-hybridized carbons (Fsp3) is 0. The molecule has 0 saturated carbocycles. The van der Waals surface area contributed by atoms with E-state index in [-0.39, 0.29) is 5.56 Å². The molecule has 4 heteroatoms. The molecule has 0 amide bonds. The van der Waals surface area contributed by atoms with Crippen LogP contribution in [0.1, 0.15) is 21.5 Å². The van der Waals surface area contributed by atoms with Crippen molar-refractivity contribution in [3.8, 4) is 0 Å². The van der Waals surface area contributed by atoms with Gasteiger partial charge in [-0.05, 0) is 24.3 Å². The Hall–Kier alpha value is -3.40. The van der Waals surface area contributed by atoms with Crippen molar-refractivity contribution in [2.24, 2.45) is 5.10 Å². The molecule has 0 aliphatic rings. The van der Waals surface area contributed by atoms with Crippen molar-refractivity contribution in [1.82, 2.24) is 0 Å². The number of anilines is 1. The largest absolute Gasteiger partial charge is 0.478 e. The first-order valence-corrected chi connectivity index (χ1v) is 7.52. The number of carbonyl (C=O) groups is 1. The quantitative estimate of drug-likeness (QED) is 0.546. The summed E-state index contributed by atoms with van der Waals surface area (Å²) in [5, 5.41) is 13.5. The first-order chi connectivity index (χ1) is 11.7. The summed E-state index contributed by atoms with van der Waals surface area (Å²) in [5.74, 6) is -0.945. The van der Waals surface area contributed by atoms with E-state index in [0.717, 1.165) is 22.5 Å². The summed E-state index contributed by atoms with van der Waals surface area (Å²) in [5.41, 5.74) is 6.79.